The molecule has 13 heteroatoms. The van der Waals surface area contributed by atoms with Gasteiger partial charge in [-0.2, -0.15) is 0 Å². The number of nitrogens with zero attached hydrogens (tertiary/aromatic N) is 1. The zero-order valence-corrected chi connectivity index (χ0v) is 35.4. The number of aliphatic hydroxyl groups is 3. The van der Waals surface area contributed by atoms with Crippen LogP contribution in [-0.4, -0.2) is 126 Å². The lowest BCUT2D eigenvalue weighted by Crippen LogP contribution is -2.64. The number of hydrogen-bond acceptors (Lipinski definition) is 12. The monoisotopic (exact) mass is 803 g/mol. The van der Waals surface area contributed by atoms with Gasteiger partial charge in [0, 0.05) is 58.0 Å². The van der Waals surface area contributed by atoms with Crippen molar-refractivity contribution in [2.24, 2.45) is 29.6 Å². The molecule has 13 nitrogen and oxygen atoms in total. The Balaban J connectivity index is 1.78. The molecular formula is C44H69NO12. The number of esters is 1. The maximum absolute atomic E-state index is 14.3. The van der Waals surface area contributed by atoms with Crippen LogP contribution in [0.3, 0.4) is 0 Å². The molecule has 0 spiro atoms. The number of allylic oxidation sites excluding steroid dienone is 3. The van der Waals surface area contributed by atoms with Gasteiger partial charge in [-0.05, 0) is 89.5 Å². The summed E-state index contributed by atoms with van der Waals surface area (Å²) < 4.78 is 29.9. The second kappa shape index (κ2) is 21.0. The number of hydrogen-bond donors (Lipinski definition) is 3. The van der Waals surface area contributed by atoms with Crippen LogP contribution in [0.4, 0.5) is 0 Å². The van der Waals surface area contributed by atoms with Crippen molar-refractivity contribution in [2.45, 2.75) is 160 Å². The minimum Gasteiger partial charge on any atom is -0.456 e. The quantitative estimate of drug-likeness (QED) is 0.193. The Morgan fingerprint density at radius 2 is 1.54 bits per heavy atom. The average Bonchev–Trinajstić information content (AvgIpc) is 3.18. The van der Waals surface area contributed by atoms with Gasteiger partial charge in [-0.1, -0.05) is 44.6 Å². The number of carbonyl (C=O) groups is 4. The van der Waals surface area contributed by atoms with E-state index in [0.29, 0.717) is 56.9 Å². The Bertz CT molecular complexity index is 1480. The van der Waals surface area contributed by atoms with E-state index in [1.165, 1.54) is 26.2 Å². The van der Waals surface area contributed by atoms with Gasteiger partial charge in [0.15, 0.2) is 0 Å². The molecule has 3 heterocycles. The molecule has 4 aliphatic rings. The average molecular weight is 804 g/mol. The maximum atomic E-state index is 14.3. The molecule has 3 N–H and O–H groups in total. The highest BCUT2D eigenvalue weighted by molar-refractivity contribution is 6.39. The summed E-state index contributed by atoms with van der Waals surface area (Å²) in [5.41, 5.74) is 1.62. The van der Waals surface area contributed by atoms with E-state index in [9.17, 15) is 34.5 Å². The van der Waals surface area contributed by atoms with Crippen LogP contribution in [0.5, 0.6) is 0 Å². The lowest BCUT2D eigenvalue weighted by atomic mass is 9.79. The van der Waals surface area contributed by atoms with Gasteiger partial charge < -0.3 is 43.9 Å². The van der Waals surface area contributed by atoms with Crippen molar-refractivity contribution in [1.29, 1.82) is 0 Å². The number of ketones is 2. The molecule has 3 aliphatic heterocycles. The summed E-state index contributed by atoms with van der Waals surface area (Å²) in [7, 11) is 4.58. The summed E-state index contributed by atoms with van der Waals surface area (Å²) in [5.74, 6) is -7.58. The molecule has 3 fully saturated rings. The van der Waals surface area contributed by atoms with Crippen molar-refractivity contribution in [3.8, 4) is 0 Å². The summed E-state index contributed by atoms with van der Waals surface area (Å²) in [6.45, 7) is 13.2. The number of rotatable bonds is 6. The van der Waals surface area contributed by atoms with Crippen molar-refractivity contribution in [3.05, 3.63) is 36.0 Å². The van der Waals surface area contributed by atoms with E-state index in [1.807, 2.05) is 39.8 Å². The Morgan fingerprint density at radius 3 is 2.19 bits per heavy atom. The fourth-order valence-electron chi connectivity index (χ4n) is 9.45. The van der Waals surface area contributed by atoms with Crippen molar-refractivity contribution in [3.63, 3.8) is 0 Å². The molecule has 14 atom stereocenters. The Labute approximate surface area is 339 Å². The van der Waals surface area contributed by atoms with Crippen LogP contribution >= 0.6 is 0 Å². The number of ether oxygens (including phenoxy) is 5. The van der Waals surface area contributed by atoms with Crippen LogP contribution in [0, 0.1) is 29.6 Å². The fourth-order valence-corrected chi connectivity index (χ4v) is 9.45. The van der Waals surface area contributed by atoms with Gasteiger partial charge in [0.05, 0.1) is 30.5 Å². The summed E-state index contributed by atoms with van der Waals surface area (Å²) in [6, 6.07) is -1.10. The van der Waals surface area contributed by atoms with Crippen molar-refractivity contribution >= 4 is 23.4 Å². The van der Waals surface area contributed by atoms with Crippen LogP contribution in [0.2, 0.25) is 0 Å². The van der Waals surface area contributed by atoms with E-state index in [1.54, 1.807) is 13.0 Å². The number of methoxy groups -OCH3 is 3. The highest BCUT2D eigenvalue weighted by Crippen LogP contribution is 2.39. The molecule has 322 valence electrons. The summed E-state index contributed by atoms with van der Waals surface area (Å²) >= 11 is 0. The zero-order chi connectivity index (χ0) is 42.2. The van der Waals surface area contributed by atoms with Crippen LogP contribution in [0.1, 0.15) is 105 Å². The number of carbonyl (C=O) groups excluding carboxylic acids is 4. The number of aliphatic hydroxyl groups excluding tert-OH is 2. The highest BCUT2D eigenvalue weighted by Gasteiger charge is 2.56. The topological polar surface area (TPSA) is 178 Å². The van der Waals surface area contributed by atoms with Crippen LogP contribution in [0.15, 0.2) is 36.0 Å². The van der Waals surface area contributed by atoms with E-state index < -0.39 is 90.0 Å². The van der Waals surface area contributed by atoms with Gasteiger partial charge in [0.1, 0.15) is 24.0 Å². The number of amides is 1. The lowest BCUT2D eigenvalue weighted by molar-refractivity contribution is -0.302. The van der Waals surface area contributed by atoms with Gasteiger partial charge in [0.2, 0.25) is 5.79 Å². The molecule has 0 radical (unpaired) electrons. The second-order valence-electron chi connectivity index (χ2n) is 17.3. The molecule has 1 unspecified atom stereocenters. The molecule has 2 saturated heterocycles. The normalized spacial score (nSPS) is 40.1. The first kappa shape index (κ1) is 46.9. The summed E-state index contributed by atoms with van der Waals surface area (Å²) in [6.07, 6.45) is 4.67. The number of piperidine rings is 1. The minimum absolute atomic E-state index is 0.0107. The minimum atomic E-state index is -2.51. The third-order valence-electron chi connectivity index (χ3n) is 12.9. The Hall–Kier alpha value is -2.78. The van der Waals surface area contributed by atoms with E-state index in [0.717, 1.165) is 5.57 Å². The number of fused-ring (bicyclic) bond motifs is 3. The fraction of sp³-hybridized carbons (Fsp3) is 0.773. The predicted octanol–water partition coefficient (Wildman–Crippen LogP) is 4.64. The van der Waals surface area contributed by atoms with E-state index in [-0.39, 0.29) is 43.4 Å². The summed E-state index contributed by atoms with van der Waals surface area (Å²) in [5, 5.41) is 34.0. The largest absolute Gasteiger partial charge is 0.456 e. The molecule has 0 aromatic heterocycles. The molecule has 1 amide bonds. The van der Waals surface area contributed by atoms with E-state index in [4.69, 9.17) is 23.7 Å². The smallest absolute Gasteiger partial charge is 0.329 e. The van der Waals surface area contributed by atoms with Gasteiger partial charge in [-0.25, -0.2) is 4.79 Å². The maximum Gasteiger partial charge on any atom is 0.329 e. The van der Waals surface area contributed by atoms with Crippen molar-refractivity contribution < 1.29 is 58.2 Å². The summed E-state index contributed by atoms with van der Waals surface area (Å²) in [4.78, 5) is 57.7. The van der Waals surface area contributed by atoms with Gasteiger partial charge in [-0.3, -0.25) is 14.4 Å². The molecule has 57 heavy (non-hydrogen) atoms. The van der Waals surface area contributed by atoms with Gasteiger partial charge in [-0.15, -0.1) is 6.58 Å². The molecule has 2 bridgehead atoms. The molecule has 4 rings (SSSR count). The molecule has 1 aliphatic carbocycles. The van der Waals surface area contributed by atoms with E-state index in [2.05, 4.69) is 6.58 Å². The first-order valence-corrected chi connectivity index (χ1v) is 20.9. The Kier molecular flexibility index (Phi) is 17.2. The van der Waals surface area contributed by atoms with Crippen LogP contribution in [-0.2, 0) is 42.9 Å². The third-order valence-corrected chi connectivity index (χ3v) is 12.9. The van der Waals surface area contributed by atoms with Crippen LogP contribution in [0.25, 0.3) is 0 Å². The third kappa shape index (κ3) is 11.3. The molecule has 0 aromatic rings. The first-order valence-electron chi connectivity index (χ1n) is 20.9. The van der Waals surface area contributed by atoms with Crippen molar-refractivity contribution in [2.75, 3.05) is 27.9 Å². The molecular weight excluding hydrogens is 734 g/mol. The number of Topliss-reactive ketones (excluding diaryl/α,β-unsaturated/α-hetero) is 2. The predicted molar refractivity (Wildman–Crippen MR) is 213 cm³/mol. The second-order valence-corrected chi connectivity index (χ2v) is 17.3. The van der Waals surface area contributed by atoms with Gasteiger partial charge >= 0.3 is 5.97 Å². The lowest BCUT2D eigenvalue weighted by Gasteiger charge is -2.47. The molecule has 0 aromatic carbocycles. The first-order chi connectivity index (χ1) is 27.0. The molecule has 1 saturated carbocycles. The highest BCUT2D eigenvalue weighted by atomic mass is 16.7. The van der Waals surface area contributed by atoms with Crippen molar-refractivity contribution in [1.82, 2.24) is 4.90 Å². The number of cyclic esters (lactones) is 1. The van der Waals surface area contributed by atoms with E-state index >= 15 is 0 Å². The SMILES string of the molecule is C=CC[C@@H]1C=C(C)C[C@@H](C)C[C@H](OC)[C@H]2O[C@@](O)(C(=O)C(=O)N3CCCC[C@H]3C(=O)OC([C@H]3CC[C@H](O)[C@@H](OC)C3)C(C)=C[C@H](C)[C@H](O)CC1=O)[C@H](C)C[C@@H]2OC. The Morgan fingerprint density at radius 1 is 0.877 bits per heavy atom. The zero-order valence-electron chi connectivity index (χ0n) is 35.4. The standard InChI is InChI=1S/C44H69NO12/c1-10-13-30-19-25(2)18-26(3)20-37(54-8)40-38(55-9)22-29(6)44(52,57-40)41(49)42(50)45-17-12-11-14-32(45)43(51)56-39(31-15-16-33(46)36(23-31)53-7)28(5)21-27(4)34(47)24-35(30)48/h10,19,21,26-27,29-34,36-40,46-47,52H,1,11-18,20,22-24H2,2-9H3/t26-,27+,29-,30-,31+,32+,33+,34-,36+,37+,38+,39?,40-,44-/m1/s1. The van der Waals surface area contributed by atoms with Gasteiger partial charge in [0.25, 0.3) is 11.7 Å². The van der Waals surface area contributed by atoms with Crippen LogP contribution < -0.4 is 0 Å².